The number of nitrogens with zero attached hydrogens (tertiary/aromatic N) is 1. The third-order valence-corrected chi connectivity index (χ3v) is 5.37. The van der Waals surface area contributed by atoms with E-state index < -0.39 is 0 Å². The number of hydrogen-bond acceptors (Lipinski definition) is 3. The zero-order chi connectivity index (χ0) is 15.7. The summed E-state index contributed by atoms with van der Waals surface area (Å²) < 4.78 is 11.5. The molecule has 5 heteroatoms. The van der Waals surface area contributed by atoms with E-state index >= 15 is 0 Å². The van der Waals surface area contributed by atoms with Gasteiger partial charge in [0.2, 0.25) is 0 Å². The predicted molar refractivity (Wildman–Crippen MR) is 88.7 cm³/mol. The van der Waals surface area contributed by atoms with Crippen LogP contribution in [0.4, 0.5) is 0 Å². The Morgan fingerprint density at radius 3 is 2.00 bits per heavy atom. The first-order valence-corrected chi connectivity index (χ1v) is 8.69. The zero-order valence-corrected chi connectivity index (χ0v) is 14.7. The Labute approximate surface area is 139 Å². The van der Waals surface area contributed by atoms with Crippen molar-refractivity contribution in [3.05, 3.63) is 22.2 Å². The second kappa shape index (κ2) is 6.49. The molecule has 0 heterocycles. The summed E-state index contributed by atoms with van der Waals surface area (Å²) in [7, 11) is 3.20. The molecule has 2 aliphatic carbocycles. The van der Waals surface area contributed by atoms with Crippen molar-refractivity contribution in [1.29, 1.82) is 0 Å². The van der Waals surface area contributed by atoms with Crippen molar-refractivity contribution in [2.24, 2.45) is 0 Å². The SMILES string of the molecule is COc1cc(C(=O)N(C2CCCC2)C2CC2)cc(OC)c1Br. The van der Waals surface area contributed by atoms with Crippen LogP contribution in [0.5, 0.6) is 11.5 Å². The third-order valence-electron chi connectivity index (χ3n) is 4.59. The van der Waals surface area contributed by atoms with E-state index in [4.69, 9.17) is 9.47 Å². The van der Waals surface area contributed by atoms with Gasteiger partial charge < -0.3 is 14.4 Å². The molecule has 0 aliphatic heterocycles. The average molecular weight is 368 g/mol. The van der Waals surface area contributed by atoms with Crippen LogP contribution in [0.25, 0.3) is 0 Å². The van der Waals surface area contributed by atoms with Crippen molar-refractivity contribution in [1.82, 2.24) is 4.90 Å². The minimum atomic E-state index is 0.110. The Hall–Kier alpha value is -1.23. The second-order valence-electron chi connectivity index (χ2n) is 6.08. The predicted octanol–water partition coefficient (Wildman–Crippen LogP) is 4.01. The van der Waals surface area contributed by atoms with E-state index in [0.29, 0.717) is 29.1 Å². The van der Waals surface area contributed by atoms with Crippen molar-refractivity contribution in [3.8, 4) is 11.5 Å². The van der Waals surface area contributed by atoms with Crippen LogP contribution in [-0.2, 0) is 0 Å². The molecule has 0 N–H and O–H groups in total. The highest BCUT2D eigenvalue weighted by Gasteiger charge is 2.39. The van der Waals surface area contributed by atoms with E-state index in [-0.39, 0.29) is 5.91 Å². The van der Waals surface area contributed by atoms with Gasteiger partial charge in [-0.25, -0.2) is 0 Å². The molecule has 3 rings (SSSR count). The number of methoxy groups -OCH3 is 2. The number of benzene rings is 1. The summed E-state index contributed by atoms with van der Waals surface area (Å²) in [5, 5.41) is 0. The Kier molecular flexibility index (Phi) is 4.62. The van der Waals surface area contributed by atoms with Crippen LogP contribution in [0.1, 0.15) is 48.9 Å². The van der Waals surface area contributed by atoms with Crippen LogP contribution in [0.2, 0.25) is 0 Å². The van der Waals surface area contributed by atoms with Crippen molar-refractivity contribution >= 4 is 21.8 Å². The number of carbonyl (C=O) groups is 1. The highest BCUT2D eigenvalue weighted by Crippen LogP contribution is 2.39. The second-order valence-corrected chi connectivity index (χ2v) is 6.87. The van der Waals surface area contributed by atoms with E-state index in [0.717, 1.165) is 30.2 Å². The lowest BCUT2D eigenvalue weighted by Gasteiger charge is -2.29. The van der Waals surface area contributed by atoms with Crippen LogP contribution in [0, 0.1) is 0 Å². The number of ether oxygens (including phenoxy) is 2. The van der Waals surface area contributed by atoms with Crippen molar-refractivity contribution in [2.45, 2.75) is 50.6 Å². The van der Waals surface area contributed by atoms with Crippen molar-refractivity contribution in [2.75, 3.05) is 14.2 Å². The molecule has 0 aromatic heterocycles. The molecule has 4 nitrogen and oxygen atoms in total. The molecule has 22 heavy (non-hydrogen) atoms. The lowest BCUT2D eigenvalue weighted by Crippen LogP contribution is -2.40. The van der Waals surface area contributed by atoms with Crippen molar-refractivity contribution in [3.63, 3.8) is 0 Å². The van der Waals surface area contributed by atoms with E-state index in [1.165, 1.54) is 12.8 Å². The number of hydrogen-bond donors (Lipinski definition) is 0. The summed E-state index contributed by atoms with van der Waals surface area (Å²) in [5.41, 5.74) is 0.649. The fourth-order valence-corrected chi connectivity index (χ4v) is 3.86. The summed E-state index contributed by atoms with van der Waals surface area (Å²) in [6.45, 7) is 0. The normalized spacial score (nSPS) is 18.3. The highest BCUT2D eigenvalue weighted by molar-refractivity contribution is 9.10. The molecule has 0 radical (unpaired) electrons. The fourth-order valence-electron chi connectivity index (χ4n) is 3.31. The minimum absolute atomic E-state index is 0.110. The Bertz CT molecular complexity index is 540. The summed E-state index contributed by atoms with van der Waals surface area (Å²) in [6, 6.07) is 4.44. The molecule has 2 aliphatic rings. The van der Waals surface area contributed by atoms with Gasteiger partial charge in [-0.1, -0.05) is 12.8 Å². The smallest absolute Gasteiger partial charge is 0.254 e. The van der Waals surface area contributed by atoms with E-state index in [1.807, 2.05) is 0 Å². The number of amides is 1. The monoisotopic (exact) mass is 367 g/mol. The summed E-state index contributed by atoms with van der Waals surface area (Å²) in [6.07, 6.45) is 6.99. The van der Waals surface area contributed by atoms with Crippen LogP contribution < -0.4 is 9.47 Å². The number of carbonyl (C=O) groups excluding carboxylic acids is 1. The third kappa shape index (κ3) is 2.96. The maximum Gasteiger partial charge on any atom is 0.254 e. The maximum atomic E-state index is 13.1. The maximum absolute atomic E-state index is 13.1. The van der Waals surface area contributed by atoms with Crippen LogP contribution in [-0.4, -0.2) is 37.1 Å². The molecule has 120 valence electrons. The lowest BCUT2D eigenvalue weighted by atomic mass is 10.1. The quantitative estimate of drug-likeness (QED) is 0.788. The van der Waals surface area contributed by atoms with Crippen LogP contribution in [0.15, 0.2) is 16.6 Å². The number of rotatable bonds is 5. The van der Waals surface area contributed by atoms with Crippen molar-refractivity contribution < 1.29 is 14.3 Å². The molecule has 0 bridgehead atoms. The molecule has 0 unspecified atom stereocenters. The molecule has 0 atom stereocenters. The first-order chi connectivity index (χ1) is 10.7. The van der Waals surface area contributed by atoms with Gasteiger partial charge in [-0.05, 0) is 53.7 Å². The molecular weight excluding hydrogens is 346 g/mol. The first kappa shape index (κ1) is 15.7. The standard InChI is InChI=1S/C17H22BrNO3/c1-21-14-9-11(10-15(22-2)16(14)18)17(20)19(13-7-8-13)12-5-3-4-6-12/h9-10,12-13H,3-8H2,1-2H3. The molecule has 1 aromatic carbocycles. The molecule has 2 saturated carbocycles. The molecule has 2 fully saturated rings. The summed E-state index contributed by atoms with van der Waals surface area (Å²) in [4.78, 5) is 15.2. The van der Waals surface area contributed by atoms with Gasteiger partial charge in [-0.15, -0.1) is 0 Å². The van der Waals surface area contributed by atoms with Gasteiger partial charge >= 0.3 is 0 Å². The van der Waals surface area contributed by atoms with Crippen LogP contribution >= 0.6 is 15.9 Å². The van der Waals surface area contributed by atoms with Gasteiger partial charge in [0.25, 0.3) is 5.91 Å². The first-order valence-electron chi connectivity index (χ1n) is 7.90. The molecule has 1 amide bonds. The van der Waals surface area contributed by atoms with Gasteiger partial charge in [0, 0.05) is 17.6 Å². The summed E-state index contributed by atoms with van der Waals surface area (Å²) in [5.74, 6) is 1.37. The van der Waals surface area contributed by atoms with E-state index in [2.05, 4.69) is 20.8 Å². The Morgan fingerprint density at radius 1 is 1.05 bits per heavy atom. The highest BCUT2D eigenvalue weighted by atomic mass is 79.9. The zero-order valence-electron chi connectivity index (χ0n) is 13.1. The molecular formula is C17H22BrNO3. The van der Waals surface area contributed by atoms with E-state index in [1.54, 1.807) is 26.4 Å². The van der Waals surface area contributed by atoms with Gasteiger partial charge in [0.15, 0.2) is 0 Å². The lowest BCUT2D eigenvalue weighted by molar-refractivity contribution is 0.0663. The van der Waals surface area contributed by atoms with Gasteiger partial charge in [0.05, 0.1) is 14.2 Å². The fraction of sp³-hybridized carbons (Fsp3) is 0.588. The van der Waals surface area contributed by atoms with Gasteiger partial charge in [-0.2, -0.15) is 0 Å². The Morgan fingerprint density at radius 2 is 1.55 bits per heavy atom. The minimum Gasteiger partial charge on any atom is -0.495 e. The van der Waals surface area contributed by atoms with E-state index in [9.17, 15) is 4.79 Å². The summed E-state index contributed by atoms with van der Waals surface area (Å²) >= 11 is 3.45. The average Bonchev–Trinajstić information content (AvgIpc) is 3.21. The largest absolute Gasteiger partial charge is 0.495 e. The van der Waals surface area contributed by atoms with Gasteiger partial charge in [0.1, 0.15) is 16.0 Å². The molecule has 0 saturated heterocycles. The molecule has 1 aromatic rings. The Balaban J connectivity index is 1.92. The molecule has 0 spiro atoms. The topological polar surface area (TPSA) is 38.8 Å². The number of halogens is 1. The van der Waals surface area contributed by atoms with Gasteiger partial charge in [-0.3, -0.25) is 4.79 Å². The van der Waals surface area contributed by atoms with Crippen LogP contribution in [0.3, 0.4) is 0 Å².